The Balaban J connectivity index is 1.57. The first-order valence-corrected chi connectivity index (χ1v) is 12.1. The SMILES string of the molecule is CCOc1ccccc1N1C(=O)C2ON(c3ccccc3)C(c3ccc(SC)cc3)C2C1=O. The van der Waals surface area contributed by atoms with Crippen LogP contribution in [0.1, 0.15) is 18.5 Å². The molecule has 2 fully saturated rings. The van der Waals surface area contributed by atoms with Crippen molar-refractivity contribution in [3.63, 3.8) is 0 Å². The van der Waals surface area contributed by atoms with E-state index in [0.717, 1.165) is 16.1 Å². The second kappa shape index (κ2) is 8.92. The number of rotatable bonds is 6. The van der Waals surface area contributed by atoms with E-state index >= 15 is 0 Å². The summed E-state index contributed by atoms with van der Waals surface area (Å²) < 4.78 is 5.70. The lowest BCUT2D eigenvalue weighted by Crippen LogP contribution is -2.37. The van der Waals surface area contributed by atoms with E-state index in [4.69, 9.17) is 9.57 Å². The topological polar surface area (TPSA) is 59.1 Å². The first-order chi connectivity index (χ1) is 16.1. The zero-order valence-electron chi connectivity index (χ0n) is 18.4. The molecule has 3 atom stereocenters. The molecule has 2 aliphatic heterocycles. The van der Waals surface area contributed by atoms with Crippen LogP contribution in [0.3, 0.4) is 0 Å². The maximum Gasteiger partial charge on any atom is 0.266 e. The Morgan fingerprint density at radius 2 is 1.61 bits per heavy atom. The van der Waals surface area contributed by atoms with Gasteiger partial charge in [-0.2, -0.15) is 0 Å². The van der Waals surface area contributed by atoms with Gasteiger partial charge < -0.3 is 4.74 Å². The Bertz CT molecular complexity index is 1170. The van der Waals surface area contributed by atoms with Crippen LogP contribution in [0.2, 0.25) is 0 Å². The molecule has 3 unspecified atom stereocenters. The van der Waals surface area contributed by atoms with Crippen LogP contribution in [0.4, 0.5) is 11.4 Å². The summed E-state index contributed by atoms with van der Waals surface area (Å²) in [5.74, 6) is -0.828. The van der Waals surface area contributed by atoms with Crippen molar-refractivity contribution in [2.75, 3.05) is 22.8 Å². The molecule has 2 aliphatic rings. The summed E-state index contributed by atoms with van der Waals surface area (Å²) >= 11 is 1.65. The molecular weight excluding hydrogens is 436 g/mol. The van der Waals surface area contributed by atoms with Gasteiger partial charge in [-0.15, -0.1) is 11.8 Å². The minimum absolute atomic E-state index is 0.283. The van der Waals surface area contributed by atoms with E-state index in [-0.39, 0.29) is 11.8 Å². The van der Waals surface area contributed by atoms with Crippen molar-refractivity contribution in [2.24, 2.45) is 5.92 Å². The molecule has 5 rings (SSSR count). The van der Waals surface area contributed by atoms with E-state index in [1.165, 1.54) is 4.90 Å². The minimum atomic E-state index is -0.905. The third-order valence-corrected chi connectivity index (χ3v) is 6.73. The van der Waals surface area contributed by atoms with Gasteiger partial charge in [0.05, 0.1) is 24.0 Å². The zero-order valence-corrected chi connectivity index (χ0v) is 19.2. The molecule has 6 nitrogen and oxygen atoms in total. The number of imide groups is 1. The minimum Gasteiger partial charge on any atom is -0.492 e. The van der Waals surface area contributed by atoms with Crippen molar-refractivity contribution in [3.8, 4) is 5.75 Å². The smallest absolute Gasteiger partial charge is 0.266 e. The molecule has 2 amide bonds. The Hall–Kier alpha value is -3.29. The number of carbonyl (C=O) groups excluding carboxylic acids is 2. The van der Waals surface area contributed by atoms with Crippen molar-refractivity contribution < 1.29 is 19.2 Å². The van der Waals surface area contributed by atoms with Crippen LogP contribution in [0.25, 0.3) is 0 Å². The molecule has 33 heavy (non-hydrogen) atoms. The number of hydroxylamine groups is 1. The number of carbonyl (C=O) groups is 2. The fraction of sp³-hybridized carbons (Fsp3) is 0.231. The fourth-order valence-corrected chi connectivity index (χ4v) is 4.92. The van der Waals surface area contributed by atoms with Crippen LogP contribution in [0, 0.1) is 5.92 Å². The average molecular weight is 461 g/mol. The van der Waals surface area contributed by atoms with Gasteiger partial charge in [-0.1, -0.05) is 42.5 Å². The summed E-state index contributed by atoms with van der Waals surface area (Å²) in [5.41, 5.74) is 2.17. The molecule has 2 heterocycles. The van der Waals surface area contributed by atoms with Crippen molar-refractivity contribution in [3.05, 3.63) is 84.4 Å². The maximum absolute atomic E-state index is 13.8. The normalized spacial score (nSPS) is 22.1. The number of hydrogen-bond acceptors (Lipinski definition) is 6. The van der Waals surface area contributed by atoms with Gasteiger partial charge in [-0.25, -0.2) is 9.96 Å². The van der Waals surface area contributed by atoms with Gasteiger partial charge in [0, 0.05) is 4.90 Å². The summed E-state index contributed by atoms with van der Waals surface area (Å²) in [6, 6.07) is 24.3. The summed E-state index contributed by atoms with van der Waals surface area (Å²) in [4.78, 5) is 35.8. The van der Waals surface area contributed by atoms with Crippen molar-refractivity contribution in [2.45, 2.75) is 24.0 Å². The van der Waals surface area contributed by atoms with Crippen molar-refractivity contribution >= 4 is 35.0 Å². The molecule has 2 saturated heterocycles. The van der Waals surface area contributed by atoms with E-state index in [2.05, 4.69) is 0 Å². The number of fused-ring (bicyclic) bond motifs is 1. The van der Waals surface area contributed by atoms with Gasteiger partial charge in [0.25, 0.3) is 5.91 Å². The third kappa shape index (κ3) is 3.67. The molecule has 0 aromatic heterocycles. The maximum atomic E-state index is 13.8. The van der Waals surface area contributed by atoms with Crippen LogP contribution in [0.15, 0.2) is 83.8 Å². The average Bonchev–Trinajstić information content (AvgIpc) is 3.36. The lowest BCUT2D eigenvalue weighted by Gasteiger charge is -2.29. The molecule has 0 N–H and O–H groups in total. The van der Waals surface area contributed by atoms with Gasteiger partial charge in [-0.05, 0) is 55.1 Å². The van der Waals surface area contributed by atoms with Crippen LogP contribution in [-0.2, 0) is 14.4 Å². The summed E-state index contributed by atoms with van der Waals surface area (Å²) in [5, 5.41) is 1.71. The lowest BCUT2D eigenvalue weighted by molar-refractivity contribution is -0.126. The first kappa shape index (κ1) is 21.6. The van der Waals surface area contributed by atoms with E-state index in [0.29, 0.717) is 18.0 Å². The zero-order chi connectivity index (χ0) is 22.9. The Kier molecular flexibility index (Phi) is 5.83. The molecule has 0 aliphatic carbocycles. The summed E-state index contributed by atoms with van der Waals surface area (Å²) in [6.07, 6.45) is 1.12. The number of nitrogens with zero attached hydrogens (tertiary/aromatic N) is 2. The molecule has 3 aromatic carbocycles. The summed E-state index contributed by atoms with van der Waals surface area (Å²) in [6.45, 7) is 2.30. The highest BCUT2D eigenvalue weighted by molar-refractivity contribution is 7.98. The molecule has 0 bridgehead atoms. The molecule has 168 valence electrons. The van der Waals surface area contributed by atoms with Crippen LogP contribution in [-0.4, -0.2) is 30.8 Å². The highest BCUT2D eigenvalue weighted by atomic mass is 32.2. The van der Waals surface area contributed by atoms with Crippen molar-refractivity contribution in [1.82, 2.24) is 0 Å². The Labute approximate surface area is 197 Å². The second-order valence-electron chi connectivity index (χ2n) is 7.84. The van der Waals surface area contributed by atoms with Crippen LogP contribution in [0.5, 0.6) is 5.75 Å². The number of para-hydroxylation sites is 3. The Morgan fingerprint density at radius 1 is 0.909 bits per heavy atom. The standard InChI is InChI=1S/C26H24N2O4S/c1-3-31-21-12-8-7-11-20(21)27-25(29)22-23(17-13-15-19(33-2)16-14-17)28(32-24(22)26(27)30)18-9-5-4-6-10-18/h4-16,22-24H,3H2,1-2H3. The number of thioether (sulfide) groups is 1. The van der Waals surface area contributed by atoms with E-state index in [9.17, 15) is 9.59 Å². The fourth-order valence-electron chi connectivity index (χ4n) is 4.51. The molecule has 0 spiro atoms. The van der Waals surface area contributed by atoms with Gasteiger partial charge in [0.15, 0.2) is 6.10 Å². The van der Waals surface area contributed by atoms with Gasteiger partial charge in [0.2, 0.25) is 5.91 Å². The highest BCUT2D eigenvalue weighted by Crippen LogP contribution is 2.48. The number of hydrogen-bond donors (Lipinski definition) is 0. The van der Waals surface area contributed by atoms with Gasteiger partial charge in [0.1, 0.15) is 11.7 Å². The number of ether oxygens (including phenoxy) is 1. The molecule has 0 saturated carbocycles. The Morgan fingerprint density at radius 3 is 2.30 bits per heavy atom. The van der Waals surface area contributed by atoms with E-state index < -0.39 is 18.1 Å². The highest BCUT2D eigenvalue weighted by Gasteiger charge is 2.60. The number of benzene rings is 3. The predicted molar refractivity (Wildman–Crippen MR) is 128 cm³/mol. The number of amides is 2. The molecule has 0 radical (unpaired) electrons. The van der Waals surface area contributed by atoms with Crippen LogP contribution >= 0.6 is 11.8 Å². The first-order valence-electron chi connectivity index (χ1n) is 10.9. The van der Waals surface area contributed by atoms with E-state index in [1.54, 1.807) is 35.0 Å². The van der Waals surface area contributed by atoms with E-state index in [1.807, 2.05) is 73.8 Å². The quantitative estimate of drug-likeness (QED) is 0.387. The molecule has 3 aromatic rings. The third-order valence-electron chi connectivity index (χ3n) is 5.99. The van der Waals surface area contributed by atoms with Gasteiger partial charge >= 0.3 is 0 Å². The van der Waals surface area contributed by atoms with Gasteiger partial charge in [-0.3, -0.25) is 14.4 Å². The molecular formula is C26H24N2O4S. The largest absolute Gasteiger partial charge is 0.492 e. The predicted octanol–water partition coefficient (Wildman–Crippen LogP) is 4.86. The van der Waals surface area contributed by atoms with Crippen molar-refractivity contribution in [1.29, 1.82) is 0 Å². The second-order valence-corrected chi connectivity index (χ2v) is 8.72. The number of anilines is 2. The summed E-state index contributed by atoms with van der Waals surface area (Å²) in [7, 11) is 0. The molecule has 7 heteroatoms. The lowest BCUT2D eigenvalue weighted by atomic mass is 9.90. The van der Waals surface area contributed by atoms with Crippen LogP contribution < -0.4 is 14.7 Å². The monoisotopic (exact) mass is 460 g/mol.